The molecule has 4 aromatic heterocycles. The SMILES string of the molecule is c1ccc(-c2nc(-c3cccc4c3oc3ccccc34)cc(-n3c4ccccc4c4cc5oc6ccccc6c5cc43)n2)cc1. The summed E-state index contributed by atoms with van der Waals surface area (Å²) in [7, 11) is 0. The Kier molecular flexibility index (Phi) is 4.93. The van der Waals surface area contributed by atoms with Crippen LogP contribution >= 0.6 is 0 Å². The first-order chi connectivity index (χ1) is 22.3. The molecule has 5 heteroatoms. The highest BCUT2D eigenvalue weighted by atomic mass is 16.3. The van der Waals surface area contributed by atoms with Gasteiger partial charge in [-0.3, -0.25) is 4.57 Å². The summed E-state index contributed by atoms with van der Waals surface area (Å²) in [5.74, 6) is 1.43. The first kappa shape index (κ1) is 24.3. The molecule has 0 saturated carbocycles. The summed E-state index contributed by atoms with van der Waals surface area (Å²) in [6.45, 7) is 0. The van der Waals surface area contributed by atoms with Crippen LogP contribution in [0.15, 0.2) is 148 Å². The second-order valence-corrected chi connectivity index (χ2v) is 11.4. The van der Waals surface area contributed by atoms with E-state index < -0.39 is 0 Å². The van der Waals surface area contributed by atoms with E-state index in [1.54, 1.807) is 0 Å². The zero-order valence-electron chi connectivity index (χ0n) is 23.9. The molecule has 0 N–H and O–H groups in total. The molecular formula is C40H23N3O2. The Morgan fingerprint density at radius 2 is 1.13 bits per heavy atom. The monoisotopic (exact) mass is 577 g/mol. The molecular weight excluding hydrogens is 554 g/mol. The lowest BCUT2D eigenvalue weighted by atomic mass is 10.1. The molecule has 45 heavy (non-hydrogen) atoms. The molecule has 0 aliphatic rings. The Morgan fingerprint density at radius 3 is 1.98 bits per heavy atom. The maximum absolute atomic E-state index is 6.46. The largest absolute Gasteiger partial charge is 0.456 e. The van der Waals surface area contributed by atoms with Gasteiger partial charge < -0.3 is 8.83 Å². The zero-order valence-corrected chi connectivity index (χ0v) is 23.9. The van der Waals surface area contributed by atoms with Crippen LogP contribution in [0.1, 0.15) is 0 Å². The third-order valence-electron chi connectivity index (χ3n) is 8.83. The highest BCUT2D eigenvalue weighted by molar-refractivity contribution is 6.17. The summed E-state index contributed by atoms with van der Waals surface area (Å²) in [6.07, 6.45) is 0. The van der Waals surface area contributed by atoms with Gasteiger partial charge in [0.05, 0.1) is 16.7 Å². The summed E-state index contributed by atoms with van der Waals surface area (Å²) < 4.78 is 15.0. The van der Waals surface area contributed by atoms with Gasteiger partial charge in [0.1, 0.15) is 28.1 Å². The molecule has 0 unspecified atom stereocenters. The predicted molar refractivity (Wildman–Crippen MR) is 182 cm³/mol. The molecule has 0 spiro atoms. The number of aromatic nitrogens is 3. The Hall–Kier alpha value is -6.20. The van der Waals surface area contributed by atoms with Crippen LogP contribution in [0.2, 0.25) is 0 Å². The van der Waals surface area contributed by atoms with E-state index in [1.165, 1.54) is 0 Å². The number of fused-ring (bicyclic) bond motifs is 9. The van der Waals surface area contributed by atoms with Gasteiger partial charge >= 0.3 is 0 Å². The van der Waals surface area contributed by atoms with Crippen LogP contribution in [0.4, 0.5) is 0 Å². The maximum atomic E-state index is 6.46. The summed E-state index contributed by atoms with van der Waals surface area (Å²) in [6, 6.07) is 47.7. The van der Waals surface area contributed by atoms with Crippen molar-refractivity contribution in [1.82, 2.24) is 14.5 Å². The zero-order chi connectivity index (χ0) is 29.5. The van der Waals surface area contributed by atoms with Crippen LogP contribution in [0, 0.1) is 0 Å². The second kappa shape index (κ2) is 9.15. The lowest BCUT2D eigenvalue weighted by Gasteiger charge is -2.12. The van der Waals surface area contributed by atoms with Crippen molar-refractivity contribution in [1.29, 1.82) is 0 Å². The normalized spacial score (nSPS) is 12.0. The highest BCUT2D eigenvalue weighted by Crippen LogP contribution is 2.40. The lowest BCUT2D eigenvalue weighted by Crippen LogP contribution is -2.02. The van der Waals surface area contributed by atoms with Gasteiger partial charge in [0, 0.05) is 49.5 Å². The molecule has 0 bridgehead atoms. The van der Waals surface area contributed by atoms with E-state index in [0.717, 1.165) is 88.3 Å². The number of para-hydroxylation sites is 4. The van der Waals surface area contributed by atoms with Crippen LogP contribution in [0.25, 0.3) is 94.1 Å². The van der Waals surface area contributed by atoms with Gasteiger partial charge in [-0.1, -0.05) is 97.1 Å². The van der Waals surface area contributed by atoms with E-state index in [-0.39, 0.29) is 0 Å². The van der Waals surface area contributed by atoms with Gasteiger partial charge in [0.2, 0.25) is 0 Å². The van der Waals surface area contributed by atoms with Gasteiger partial charge in [-0.2, -0.15) is 0 Å². The van der Waals surface area contributed by atoms with E-state index in [9.17, 15) is 0 Å². The van der Waals surface area contributed by atoms with Crippen molar-refractivity contribution in [2.24, 2.45) is 0 Å². The third-order valence-corrected chi connectivity index (χ3v) is 8.83. The van der Waals surface area contributed by atoms with Crippen molar-refractivity contribution in [3.63, 3.8) is 0 Å². The summed E-state index contributed by atoms with van der Waals surface area (Å²) in [5.41, 5.74) is 8.21. The Labute approximate surface area is 256 Å². The quantitative estimate of drug-likeness (QED) is 0.210. The summed E-state index contributed by atoms with van der Waals surface area (Å²) >= 11 is 0. The smallest absolute Gasteiger partial charge is 0.162 e. The van der Waals surface area contributed by atoms with Gasteiger partial charge in [-0.25, -0.2) is 9.97 Å². The van der Waals surface area contributed by atoms with Crippen LogP contribution in [0.5, 0.6) is 0 Å². The molecule has 4 heterocycles. The fourth-order valence-corrected chi connectivity index (χ4v) is 6.79. The first-order valence-electron chi connectivity index (χ1n) is 15.0. The molecule has 10 rings (SSSR count). The van der Waals surface area contributed by atoms with E-state index >= 15 is 0 Å². The standard InChI is InChI=1S/C40H23N3O2/c1-2-11-24(12-3-1)40-41-32(29-17-10-16-28-26-14-5-9-20-36(26)45-39(28)29)23-38(42-40)43-33-18-7-4-13-25(33)30-22-37-31(21-34(30)43)27-15-6-8-19-35(27)44-37/h1-23H. The summed E-state index contributed by atoms with van der Waals surface area (Å²) in [4.78, 5) is 10.4. The fraction of sp³-hybridized carbons (Fsp3) is 0. The topological polar surface area (TPSA) is 57.0 Å². The van der Waals surface area contributed by atoms with Crippen molar-refractivity contribution < 1.29 is 8.83 Å². The molecule has 0 saturated heterocycles. The van der Waals surface area contributed by atoms with Crippen molar-refractivity contribution in [3.05, 3.63) is 140 Å². The van der Waals surface area contributed by atoms with E-state index in [0.29, 0.717) is 5.82 Å². The fourth-order valence-electron chi connectivity index (χ4n) is 6.79. The van der Waals surface area contributed by atoms with Crippen molar-refractivity contribution in [2.45, 2.75) is 0 Å². The van der Waals surface area contributed by atoms with E-state index in [2.05, 4.69) is 95.6 Å². The minimum absolute atomic E-state index is 0.650. The molecule has 6 aromatic carbocycles. The molecule has 0 amide bonds. The minimum atomic E-state index is 0.650. The van der Waals surface area contributed by atoms with E-state index in [1.807, 2.05) is 48.5 Å². The average Bonchev–Trinajstić information content (AvgIpc) is 3.76. The number of hydrogen-bond acceptors (Lipinski definition) is 4. The number of furan rings is 2. The highest BCUT2D eigenvalue weighted by Gasteiger charge is 2.20. The predicted octanol–water partition coefficient (Wildman–Crippen LogP) is 10.7. The number of nitrogens with zero attached hydrogens (tertiary/aromatic N) is 3. The molecule has 0 aliphatic heterocycles. The van der Waals surface area contributed by atoms with Gasteiger partial charge in [0.15, 0.2) is 5.82 Å². The van der Waals surface area contributed by atoms with Gasteiger partial charge in [-0.15, -0.1) is 0 Å². The Morgan fingerprint density at radius 1 is 0.444 bits per heavy atom. The van der Waals surface area contributed by atoms with Crippen molar-refractivity contribution in [2.75, 3.05) is 0 Å². The molecule has 0 aliphatic carbocycles. The number of hydrogen-bond donors (Lipinski definition) is 0. The van der Waals surface area contributed by atoms with Crippen LogP contribution in [0.3, 0.4) is 0 Å². The van der Waals surface area contributed by atoms with Crippen molar-refractivity contribution >= 4 is 65.7 Å². The average molecular weight is 578 g/mol. The van der Waals surface area contributed by atoms with Gasteiger partial charge in [-0.05, 0) is 36.4 Å². The van der Waals surface area contributed by atoms with Crippen LogP contribution < -0.4 is 0 Å². The molecule has 0 radical (unpaired) electrons. The Balaban J connectivity index is 1.31. The Bertz CT molecular complexity index is 2770. The lowest BCUT2D eigenvalue weighted by molar-refractivity contribution is 0.669. The molecule has 210 valence electrons. The van der Waals surface area contributed by atoms with Gasteiger partial charge in [0.25, 0.3) is 0 Å². The number of benzene rings is 6. The summed E-state index contributed by atoms with van der Waals surface area (Å²) in [5, 5.41) is 6.57. The van der Waals surface area contributed by atoms with Crippen LogP contribution in [-0.4, -0.2) is 14.5 Å². The molecule has 5 nitrogen and oxygen atoms in total. The second-order valence-electron chi connectivity index (χ2n) is 11.4. The molecule has 0 atom stereocenters. The maximum Gasteiger partial charge on any atom is 0.162 e. The minimum Gasteiger partial charge on any atom is -0.456 e. The molecule has 0 fully saturated rings. The number of rotatable bonds is 3. The van der Waals surface area contributed by atoms with Crippen molar-refractivity contribution in [3.8, 4) is 28.5 Å². The van der Waals surface area contributed by atoms with E-state index in [4.69, 9.17) is 18.8 Å². The third kappa shape index (κ3) is 3.55. The molecule has 10 aromatic rings. The van der Waals surface area contributed by atoms with Crippen LogP contribution in [-0.2, 0) is 0 Å². The first-order valence-corrected chi connectivity index (χ1v) is 15.0.